The minimum atomic E-state index is -4.78. The standard InChI is InChI=1S/C19H14BBrCl2F3NO3/c1-17(2)11-5-9(3-4-12(11)20(28)29-17)15-8-18(30-27-15,19(24,25)26)10-6-13(22)16(21)14(23)7-10/h3-7,28H,8H2,1-2H3. The van der Waals surface area contributed by atoms with E-state index in [2.05, 4.69) is 21.1 Å². The highest BCUT2D eigenvalue weighted by Crippen LogP contribution is 2.50. The van der Waals surface area contributed by atoms with E-state index in [-0.39, 0.29) is 21.3 Å². The van der Waals surface area contributed by atoms with Gasteiger partial charge < -0.3 is 14.5 Å². The maximum Gasteiger partial charge on any atom is 0.492 e. The van der Waals surface area contributed by atoms with E-state index < -0.39 is 30.9 Å². The number of hydrogen-bond acceptors (Lipinski definition) is 4. The summed E-state index contributed by atoms with van der Waals surface area (Å²) in [4.78, 5) is 5.05. The number of hydrogen-bond donors (Lipinski definition) is 1. The average molecular weight is 523 g/mol. The molecule has 2 aromatic rings. The number of alkyl halides is 3. The highest BCUT2D eigenvalue weighted by Gasteiger charge is 2.62. The van der Waals surface area contributed by atoms with E-state index in [9.17, 15) is 18.2 Å². The molecule has 0 spiro atoms. The molecule has 0 amide bonds. The highest BCUT2D eigenvalue weighted by molar-refractivity contribution is 9.10. The summed E-state index contributed by atoms with van der Waals surface area (Å²) in [5.74, 6) is 0. The third-order valence-electron chi connectivity index (χ3n) is 5.34. The molecule has 2 aliphatic heterocycles. The number of benzene rings is 2. The van der Waals surface area contributed by atoms with Crippen LogP contribution in [0.15, 0.2) is 40.0 Å². The van der Waals surface area contributed by atoms with Crippen molar-refractivity contribution in [3.63, 3.8) is 0 Å². The largest absolute Gasteiger partial charge is 0.492 e. The third kappa shape index (κ3) is 3.35. The summed E-state index contributed by atoms with van der Waals surface area (Å²) in [5, 5.41) is 13.9. The zero-order valence-corrected chi connectivity index (χ0v) is 18.7. The first kappa shape index (κ1) is 22.0. The molecule has 1 N–H and O–H groups in total. The lowest BCUT2D eigenvalue weighted by atomic mass is 9.77. The Morgan fingerprint density at radius 2 is 1.80 bits per heavy atom. The first-order valence-corrected chi connectivity index (χ1v) is 10.4. The van der Waals surface area contributed by atoms with E-state index in [1.807, 2.05) is 0 Å². The lowest BCUT2D eigenvalue weighted by Crippen LogP contribution is -2.42. The second-order valence-corrected chi connectivity index (χ2v) is 9.27. The molecule has 0 saturated heterocycles. The molecule has 2 aliphatic rings. The van der Waals surface area contributed by atoms with Gasteiger partial charge in [-0.3, -0.25) is 0 Å². The summed E-state index contributed by atoms with van der Waals surface area (Å²) in [6, 6.07) is 7.21. The third-order valence-corrected chi connectivity index (χ3v) is 7.25. The van der Waals surface area contributed by atoms with Crippen molar-refractivity contribution in [2.45, 2.75) is 37.6 Å². The summed E-state index contributed by atoms with van der Waals surface area (Å²) in [7, 11) is -1.09. The molecule has 0 fully saturated rings. The van der Waals surface area contributed by atoms with Gasteiger partial charge in [0.2, 0.25) is 0 Å². The monoisotopic (exact) mass is 521 g/mol. The van der Waals surface area contributed by atoms with Crippen molar-refractivity contribution in [1.82, 2.24) is 0 Å². The van der Waals surface area contributed by atoms with Crippen LogP contribution >= 0.6 is 39.1 Å². The van der Waals surface area contributed by atoms with Gasteiger partial charge in [0.15, 0.2) is 0 Å². The van der Waals surface area contributed by atoms with Gasteiger partial charge in [0.1, 0.15) is 0 Å². The molecule has 4 rings (SSSR count). The molecular formula is C19H14BBrCl2F3NO3. The van der Waals surface area contributed by atoms with E-state index in [0.29, 0.717) is 21.1 Å². The molecule has 4 nitrogen and oxygen atoms in total. The first-order chi connectivity index (χ1) is 13.9. The number of nitrogens with zero attached hydrogens (tertiary/aromatic N) is 1. The molecule has 1 atom stereocenters. The van der Waals surface area contributed by atoms with Crippen LogP contribution in [0.2, 0.25) is 10.0 Å². The van der Waals surface area contributed by atoms with Crippen LogP contribution < -0.4 is 5.46 Å². The molecule has 2 heterocycles. The smallest absolute Gasteiger partial charge is 0.423 e. The maximum atomic E-state index is 14.2. The van der Waals surface area contributed by atoms with Crippen LogP contribution in [-0.2, 0) is 20.7 Å². The van der Waals surface area contributed by atoms with Gasteiger partial charge in [-0.1, -0.05) is 40.5 Å². The molecule has 0 aliphatic carbocycles. The molecule has 1 unspecified atom stereocenters. The fourth-order valence-electron chi connectivity index (χ4n) is 3.73. The Morgan fingerprint density at radius 3 is 2.40 bits per heavy atom. The molecule has 158 valence electrons. The van der Waals surface area contributed by atoms with E-state index in [1.54, 1.807) is 32.0 Å². The normalized spacial score (nSPS) is 22.7. The van der Waals surface area contributed by atoms with Crippen LogP contribution in [0.4, 0.5) is 13.2 Å². The summed E-state index contributed by atoms with van der Waals surface area (Å²) in [6.45, 7) is 3.54. The van der Waals surface area contributed by atoms with Crippen LogP contribution in [-0.4, -0.2) is 24.0 Å². The van der Waals surface area contributed by atoms with Crippen LogP contribution in [0.5, 0.6) is 0 Å². The summed E-state index contributed by atoms with van der Waals surface area (Å²) < 4.78 is 48.4. The van der Waals surface area contributed by atoms with E-state index >= 15 is 0 Å². The van der Waals surface area contributed by atoms with Crippen molar-refractivity contribution in [3.05, 3.63) is 61.5 Å². The molecule has 0 radical (unpaired) electrons. The SMILES string of the molecule is CC1(C)OB(O)c2ccc(C3=NOC(c4cc(Cl)c(Br)c(Cl)c4)(C(F)(F)F)C3)cc21. The second-order valence-electron chi connectivity index (χ2n) is 7.67. The van der Waals surface area contributed by atoms with E-state index in [1.165, 1.54) is 12.1 Å². The predicted octanol–water partition coefficient (Wildman–Crippen LogP) is 5.29. The molecule has 0 bridgehead atoms. The quantitative estimate of drug-likeness (QED) is 0.431. The first-order valence-electron chi connectivity index (χ1n) is 8.83. The Bertz CT molecular complexity index is 1060. The van der Waals surface area contributed by atoms with Crippen LogP contribution in [0.1, 0.15) is 37.0 Å². The fourth-order valence-corrected chi connectivity index (χ4v) is 4.44. The van der Waals surface area contributed by atoms with Crippen LogP contribution in [0.3, 0.4) is 0 Å². The zero-order chi connectivity index (χ0) is 22.1. The van der Waals surface area contributed by atoms with Crippen LogP contribution in [0, 0.1) is 0 Å². The molecule has 0 saturated carbocycles. The van der Waals surface area contributed by atoms with Gasteiger partial charge in [-0.2, -0.15) is 13.2 Å². The molecule has 0 aromatic heterocycles. The summed E-state index contributed by atoms with van der Waals surface area (Å²) in [6.07, 6.45) is -5.35. The zero-order valence-electron chi connectivity index (χ0n) is 15.6. The van der Waals surface area contributed by atoms with E-state index in [0.717, 1.165) is 0 Å². The number of halogens is 6. The lowest BCUT2D eigenvalue weighted by molar-refractivity contribution is -0.275. The predicted molar refractivity (Wildman–Crippen MR) is 112 cm³/mol. The Morgan fingerprint density at radius 1 is 1.17 bits per heavy atom. The van der Waals surface area contributed by atoms with Crippen LogP contribution in [0.25, 0.3) is 0 Å². The Labute approximate surface area is 189 Å². The van der Waals surface area contributed by atoms with Gasteiger partial charge in [-0.05, 0) is 64.6 Å². The van der Waals surface area contributed by atoms with Crippen molar-refractivity contribution in [1.29, 1.82) is 0 Å². The minimum absolute atomic E-state index is 0.0311. The van der Waals surface area contributed by atoms with Gasteiger partial charge in [-0.15, -0.1) is 0 Å². The van der Waals surface area contributed by atoms with Crippen molar-refractivity contribution in [3.8, 4) is 0 Å². The Balaban J connectivity index is 1.76. The minimum Gasteiger partial charge on any atom is -0.423 e. The summed E-state index contributed by atoms with van der Waals surface area (Å²) in [5.41, 5.74) is -1.96. The molecular weight excluding hydrogens is 509 g/mol. The molecule has 2 aromatic carbocycles. The number of rotatable bonds is 2. The van der Waals surface area contributed by atoms with Gasteiger partial charge in [0.25, 0.3) is 5.60 Å². The average Bonchev–Trinajstić information content (AvgIpc) is 3.20. The highest BCUT2D eigenvalue weighted by atomic mass is 79.9. The van der Waals surface area contributed by atoms with Gasteiger partial charge in [0.05, 0.1) is 25.8 Å². The summed E-state index contributed by atoms with van der Waals surface area (Å²) >= 11 is 15.2. The topological polar surface area (TPSA) is 51.0 Å². The second kappa shape index (κ2) is 7.13. The van der Waals surface area contributed by atoms with Gasteiger partial charge in [-0.25, -0.2) is 0 Å². The van der Waals surface area contributed by atoms with Gasteiger partial charge >= 0.3 is 13.3 Å². The molecule has 30 heavy (non-hydrogen) atoms. The van der Waals surface area contributed by atoms with Crippen molar-refractivity contribution in [2.24, 2.45) is 5.16 Å². The Hall–Kier alpha value is -1.26. The van der Waals surface area contributed by atoms with Crippen molar-refractivity contribution in [2.75, 3.05) is 0 Å². The van der Waals surface area contributed by atoms with Crippen molar-refractivity contribution < 1.29 is 27.7 Å². The fraction of sp³-hybridized carbons (Fsp3) is 0.316. The number of oxime groups is 1. The van der Waals surface area contributed by atoms with Gasteiger partial charge in [0, 0.05) is 12.0 Å². The lowest BCUT2D eigenvalue weighted by Gasteiger charge is -2.30. The Kier molecular flexibility index (Phi) is 5.22. The molecule has 11 heteroatoms. The van der Waals surface area contributed by atoms with Crippen molar-refractivity contribution >= 4 is 57.4 Å². The number of fused-ring (bicyclic) bond motifs is 1. The maximum absolute atomic E-state index is 14.2. The van der Waals surface area contributed by atoms with E-state index in [4.69, 9.17) is 32.7 Å².